The third kappa shape index (κ3) is 3.14. The Morgan fingerprint density at radius 2 is 2.43 bits per heavy atom. The zero-order chi connectivity index (χ0) is 10.6. The van der Waals surface area contributed by atoms with Gasteiger partial charge in [0.2, 0.25) is 11.8 Å². The van der Waals surface area contributed by atoms with E-state index in [1.165, 1.54) is 0 Å². The van der Waals surface area contributed by atoms with Crippen LogP contribution in [-0.2, 0) is 11.2 Å². The summed E-state index contributed by atoms with van der Waals surface area (Å²) in [6.07, 6.45) is 0.551. The molecule has 0 aliphatic carbocycles. The van der Waals surface area contributed by atoms with Gasteiger partial charge in [0, 0.05) is 19.9 Å². The van der Waals surface area contributed by atoms with Gasteiger partial charge in [-0.1, -0.05) is 5.16 Å². The van der Waals surface area contributed by atoms with Crippen molar-refractivity contribution in [1.82, 2.24) is 15.5 Å². The van der Waals surface area contributed by atoms with Crippen molar-refractivity contribution in [2.75, 3.05) is 6.54 Å². The molecule has 1 aromatic rings. The molecule has 0 saturated carbocycles. The fourth-order valence-corrected chi connectivity index (χ4v) is 0.901. The molecule has 0 bridgehead atoms. The van der Waals surface area contributed by atoms with Crippen molar-refractivity contribution < 1.29 is 9.32 Å². The summed E-state index contributed by atoms with van der Waals surface area (Å²) in [6.45, 7) is 3.82. The maximum Gasteiger partial charge on any atom is 0.236 e. The summed E-state index contributed by atoms with van der Waals surface area (Å²) in [5, 5.41) is 6.34. The highest BCUT2D eigenvalue weighted by molar-refractivity contribution is 5.80. The Morgan fingerprint density at radius 3 is 2.93 bits per heavy atom. The van der Waals surface area contributed by atoms with E-state index in [1.807, 2.05) is 0 Å². The predicted molar refractivity (Wildman–Crippen MR) is 49.4 cm³/mol. The molecule has 1 aromatic heterocycles. The van der Waals surface area contributed by atoms with Crippen LogP contribution in [0.3, 0.4) is 0 Å². The fourth-order valence-electron chi connectivity index (χ4n) is 0.901. The van der Waals surface area contributed by atoms with Gasteiger partial charge in [-0.05, 0) is 6.92 Å². The molecular formula is C8H14N4O2. The number of aromatic nitrogens is 2. The SMILES string of the molecule is Cc1nc(CCNC(=O)[C@H](C)N)no1. The van der Waals surface area contributed by atoms with Crippen molar-refractivity contribution in [2.24, 2.45) is 5.73 Å². The Bertz CT molecular complexity index is 308. The highest BCUT2D eigenvalue weighted by atomic mass is 16.5. The molecule has 1 atom stereocenters. The second-order valence-corrected chi connectivity index (χ2v) is 3.06. The molecule has 0 unspecified atom stereocenters. The van der Waals surface area contributed by atoms with E-state index in [1.54, 1.807) is 13.8 Å². The molecule has 0 spiro atoms. The first-order valence-corrected chi connectivity index (χ1v) is 4.42. The summed E-state index contributed by atoms with van der Waals surface area (Å²) in [6, 6.07) is -0.484. The summed E-state index contributed by atoms with van der Waals surface area (Å²) < 4.78 is 4.77. The predicted octanol–water partition coefficient (Wildman–Crippen LogP) is -0.616. The average Bonchev–Trinajstić information content (AvgIpc) is 2.51. The van der Waals surface area contributed by atoms with Gasteiger partial charge in [-0.15, -0.1) is 0 Å². The zero-order valence-electron chi connectivity index (χ0n) is 8.28. The lowest BCUT2D eigenvalue weighted by Gasteiger charge is -2.05. The van der Waals surface area contributed by atoms with Crippen molar-refractivity contribution >= 4 is 5.91 Å². The number of carbonyl (C=O) groups is 1. The van der Waals surface area contributed by atoms with Crippen LogP contribution in [0.2, 0.25) is 0 Å². The zero-order valence-corrected chi connectivity index (χ0v) is 8.28. The molecule has 1 heterocycles. The van der Waals surface area contributed by atoms with Gasteiger partial charge in [-0.3, -0.25) is 4.79 Å². The number of nitrogens with one attached hydrogen (secondary N) is 1. The lowest BCUT2D eigenvalue weighted by Crippen LogP contribution is -2.39. The molecule has 6 nitrogen and oxygen atoms in total. The van der Waals surface area contributed by atoms with Crippen LogP contribution >= 0.6 is 0 Å². The van der Waals surface area contributed by atoms with E-state index >= 15 is 0 Å². The minimum Gasteiger partial charge on any atom is -0.354 e. The van der Waals surface area contributed by atoms with Crippen LogP contribution in [0, 0.1) is 6.92 Å². The van der Waals surface area contributed by atoms with E-state index in [0.29, 0.717) is 24.7 Å². The highest BCUT2D eigenvalue weighted by Gasteiger charge is 2.07. The summed E-state index contributed by atoms with van der Waals surface area (Å²) in [5.74, 6) is 0.941. The number of rotatable bonds is 4. The van der Waals surface area contributed by atoms with Gasteiger partial charge in [0.05, 0.1) is 6.04 Å². The number of carbonyl (C=O) groups excluding carboxylic acids is 1. The van der Waals surface area contributed by atoms with Gasteiger partial charge in [0.1, 0.15) is 0 Å². The number of hydrogen-bond acceptors (Lipinski definition) is 5. The first-order chi connectivity index (χ1) is 6.59. The van der Waals surface area contributed by atoms with Gasteiger partial charge in [0.25, 0.3) is 0 Å². The first kappa shape index (κ1) is 10.6. The molecule has 6 heteroatoms. The highest BCUT2D eigenvalue weighted by Crippen LogP contribution is 1.94. The molecule has 1 amide bonds. The van der Waals surface area contributed by atoms with Crippen molar-refractivity contribution in [3.8, 4) is 0 Å². The summed E-state index contributed by atoms with van der Waals surface area (Å²) in [5.41, 5.74) is 5.36. The summed E-state index contributed by atoms with van der Waals surface area (Å²) >= 11 is 0. The third-order valence-electron chi connectivity index (χ3n) is 1.63. The molecular weight excluding hydrogens is 184 g/mol. The minimum absolute atomic E-state index is 0.176. The summed E-state index contributed by atoms with van der Waals surface area (Å²) in [4.78, 5) is 15.0. The Labute approximate surface area is 81.9 Å². The van der Waals surface area contributed by atoms with Crippen molar-refractivity contribution in [2.45, 2.75) is 26.3 Å². The lowest BCUT2D eigenvalue weighted by atomic mass is 10.3. The molecule has 0 aliphatic rings. The quantitative estimate of drug-likeness (QED) is 0.672. The maximum absolute atomic E-state index is 11.0. The van der Waals surface area contributed by atoms with E-state index < -0.39 is 6.04 Å². The molecule has 3 N–H and O–H groups in total. The smallest absolute Gasteiger partial charge is 0.236 e. The number of hydrogen-bond donors (Lipinski definition) is 2. The number of aryl methyl sites for hydroxylation is 1. The van der Waals surface area contributed by atoms with E-state index in [-0.39, 0.29) is 5.91 Å². The van der Waals surface area contributed by atoms with Gasteiger partial charge < -0.3 is 15.6 Å². The van der Waals surface area contributed by atoms with Crippen LogP contribution in [0.4, 0.5) is 0 Å². The monoisotopic (exact) mass is 198 g/mol. The van der Waals surface area contributed by atoms with E-state index in [4.69, 9.17) is 10.3 Å². The van der Waals surface area contributed by atoms with Crippen LogP contribution in [0.15, 0.2) is 4.52 Å². The topological polar surface area (TPSA) is 94.0 Å². The Hall–Kier alpha value is -1.43. The minimum atomic E-state index is -0.484. The van der Waals surface area contributed by atoms with Crippen LogP contribution in [0.5, 0.6) is 0 Å². The Balaban J connectivity index is 2.25. The molecule has 1 rings (SSSR count). The molecule has 0 saturated heterocycles. The summed E-state index contributed by atoms with van der Waals surface area (Å²) in [7, 11) is 0. The van der Waals surface area contributed by atoms with Gasteiger partial charge in [0.15, 0.2) is 5.82 Å². The second kappa shape index (κ2) is 4.71. The van der Waals surface area contributed by atoms with Gasteiger partial charge in [-0.2, -0.15) is 4.98 Å². The molecule has 0 aliphatic heterocycles. The van der Waals surface area contributed by atoms with Crippen molar-refractivity contribution in [3.05, 3.63) is 11.7 Å². The number of amides is 1. The van der Waals surface area contributed by atoms with Crippen molar-refractivity contribution in [1.29, 1.82) is 0 Å². The molecule has 0 radical (unpaired) electrons. The fraction of sp³-hybridized carbons (Fsp3) is 0.625. The lowest BCUT2D eigenvalue weighted by molar-refractivity contribution is -0.121. The van der Waals surface area contributed by atoms with E-state index in [2.05, 4.69) is 15.5 Å². The van der Waals surface area contributed by atoms with Crippen LogP contribution in [0.25, 0.3) is 0 Å². The standard InChI is InChI=1S/C8H14N4O2/c1-5(9)8(13)10-4-3-7-11-6(2)14-12-7/h5H,3-4,9H2,1-2H3,(H,10,13)/t5-/m0/s1. The molecule has 14 heavy (non-hydrogen) atoms. The van der Waals surface area contributed by atoms with Crippen molar-refractivity contribution in [3.63, 3.8) is 0 Å². The Morgan fingerprint density at radius 1 is 1.71 bits per heavy atom. The largest absolute Gasteiger partial charge is 0.354 e. The normalized spacial score (nSPS) is 12.5. The average molecular weight is 198 g/mol. The van der Waals surface area contributed by atoms with Gasteiger partial charge in [-0.25, -0.2) is 0 Å². The van der Waals surface area contributed by atoms with Gasteiger partial charge >= 0.3 is 0 Å². The number of nitrogens with zero attached hydrogens (tertiary/aromatic N) is 2. The molecule has 0 aromatic carbocycles. The van der Waals surface area contributed by atoms with Crippen LogP contribution < -0.4 is 11.1 Å². The molecule has 78 valence electrons. The second-order valence-electron chi connectivity index (χ2n) is 3.06. The van der Waals surface area contributed by atoms with E-state index in [0.717, 1.165) is 0 Å². The first-order valence-electron chi connectivity index (χ1n) is 4.42. The molecule has 0 fully saturated rings. The maximum atomic E-state index is 11.0. The number of nitrogens with two attached hydrogens (primary N) is 1. The Kier molecular flexibility index (Phi) is 3.58. The van der Waals surface area contributed by atoms with E-state index in [9.17, 15) is 4.79 Å². The van der Waals surface area contributed by atoms with Crippen LogP contribution in [0.1, 0.15) is 18.6 Å². The van der Waals surface area contributed by atoms with Crippen LogP contribution in [-0.4, -0.2) is 28.6 Å². The third-order valence-corrected chi connectivity index (χ3v) is 1.63.